The third-order valence-electron chi connectivity index (χ3n) is 4.73. The number of rotatable bonds is 5. The zero-order valence-corrected chi connectivity index (χ0v) is 16.6. The number of benzene rings is 1. The number of aromatic nitrogens is 3. The van der Waals surface area contributed by atoms with Gasteiger partial charge in [-0.1, -0.05) is 37.7 Å². The van der Waals surface area contributed by atoms with Crippen LogP contribution in [0.25, 0.3) is 11.4 Å². The molecule has 0 N–H and O–H groups in total. The van der Waals surface area contributed by atoms with Crippen LogP contribution >= 0.6 is 11.8 Å². The Hall–Kier alpha value is -2.02. The summed E-state index contributed by atoms with van der Waals surface area (Å²) in [7, 11) is 3.56. The van der Waals surface area contributed by atoms with Crippen molar-refractivity contribution in [1.29, 1.82) is 0 Å². The Morgan fingerprint density at radius 1 is 1.23 bits per heavy atom. The Kier molecular flexibility index (Phi) is 5.86. The Bertz CT molecular complexity index is 767. The van der Waals surface area contributed by atoms with E-state index in [4.69, 9.17) is 4.74 Å². The number of nitrogens with zero attached hydrogens (tertiary/aromatic N) is 4. The fourth-order valence-electron chi connectivity index (χ4n) is 3.59. The second-order valence-electron chi connectivity index (χ2n) is 7.10. The highest BCUT2D eigenvalue weighted by molar-refractivity contribution is 7.99. The molecular formula is C19H26N4O2S. The highest BCUT2D eigenvalue weighted by Gasteiger charge is 2.25. The van der Waals surface area contributed by atoms with E-state index in [-0.39, 0.29) is 5.91 Å². The van der Waals surface area contributed by atoms with Crippen molar-refractivity contribution in [3.63, 3.8) is 0 Å². The van der Waals surface area contributed by atoms with Crippen LogP contribution in [0.2, 0.25) is 0 Å². The predicted molar refractivity (Wildman–Crippen MR) is 103 cm³/mol. The molecule has 1 saturated heterocycles. The van der Waals surface area contributed by atoms with Crippen molar-refractivity contribution in [1.82, 2.24) is 19.7 Å². The van der Waals surface area contributed by atoms with Gasteiger partial charge in [0.15, 0.2) is 11.0 Å². The Balaban J connectivity index is 1.68. The lowest BCUT2D eigenvalue weighted by Crippen LogP contribution is -2.43. The molecule has 2 heterocycles. The van der Waals surface area contributed by atoms with Gasteiger partial charge in [-0.05, 0) is 30.4 Å². The molecule has 7 heteroatoms. The van der Waals surface area contributed by atoms with Crippen LogP contribution in [0.15, 0.2) is 29.4 Å². The van der Waals surface area contributed by atoms with Crippen molar-refractivity contribution in [3.8, 4) is 17.1 Å². The first-order valence-electron chi connectivity index (χ1n) is 8.93. The summed E-state index contributed by atoms with van der Waals surface area (Å²) in [5, 5.41) is 9.29. The minimum atomic E-state index is 0.176. The van der Waals surface area contributed by atoms with Gasteiger partial charge in [0.25, 0.3) is 0 Å². The Labute approximate surface area is 158 Å². The van der Waals surface area contributed by atoms with E-state index in [1.54, 1.807) is 7.11 Å². The molecule has 26 heavy (non-hydrogen) atoms. The van der Waals surface area contributed by atoms with Crippen LogP contribution < -0.4 is 4.74 Å². The highest BCUT2D eigenvalue weighted by Crippen LogP contribution is 2.30. The van der Waals surface area contributed by atoms with Crippen molar-refractivity contribution in [2.75, 3.05) is 26.0 Å². The largest absolute Gasteiger partial charge is 0.496 e. The summed E-state index contributed by atoms with van der Waals surface area (Å²) in [6.07, 6.45) is 1.20. The number of ether oxygens (including phenoxy) is 1. The SMILES string of the molecule is COc1ccccc1-c1nnc(SCC(=O)N2C[C@H](C)C[C@@H](C)C2)n1C. The lowest BCUT2D eigenvalue weighted by molar-refractivity contribution is -0.130. The van der Waals surface area contributed by atoms with Crippen LogP contribution in [-0.4, -0.2) is 51.5 Å². The van der Waals surface area contributed by atoms with Crippen molar-refractivity contribution in [2.45, 2.75) is 25.4 Å². The maximum Gasteiger partial charge on any atom is 0.233 e. The van der Waals surface area contributed by atoms with Crippen molar-refractivity contribution in [3.05, 3.63) is 24.3 Å². The van der Waals surface area contributed by atoms with Gasteiger partial charge in [-0.15, -0.1) is 10.2 Å². The fourth-order valence-corrected chi connectivity index (χ4v) is 4.40. The number of carbonyl (C=O) groups excluding carboxylic acids is 1. The molecule has 2 aromatic rings. The lowest BCUT2D eigenvalue weighted by Gasteiger charge is -2.34. The molecule has 2 atom stereocenters. The zero-order chi connectivity index (χ0) is 18.7. The van der Waals surface area contributed by atoms with Gasteiger partial charge >= 0.3 is 0 Å². The van der Waals surface area contributed by atoms with Gasteiger partial charge in [-0.2, -0.15) is 0 Å². The number of methoxy groups -OCH3 is 1. The third kappa shape index (κ3) is 4.03. The average Bonchev–Trinajstić information content (AvgIpc) is 2.99. The van der Waals surface area contributed by atoms with Gasteiger partial charge < -0.3 is 14.2 Å². The van der Waals surface area contributed by atoms with Crippen LogP contribution in [-0.2, 0) is 11.8 Å². The molecule has 0 bridgehead atoms. The quantitative estimate of drug-likeness (QED) is 0.753. The van der Waals surface area contributed by atoms with E-state index in [2.05, 4.69) is 24.0 Å². The summed E-state index contributed by atoms with van der Waals surface area (Å²) in [5.74, 6) is 3.19. The monoisotopic (exact) mass is 374 g/mol. The summed E-state index contributed by atoms with van der Waals surface area (Å²) in [4.78, 5) is 14.6. The molecule has 140 valence electrons. The molecule has 0 unspecified atom stereocenters. The molecule has 6 nitrogen and oxygen atoms in total. The molecule has 3 rings (SSSR count). The second-order valence-corrected chi connectivity index (χ2v) is 8.04. The Morgan fingerprint density at radius 2 is 1.92 bits per heavy atom. The fraction of sp³-hybridized carbons (Fsp3) is 0.526. The van der Waals surface area contributed by atoms with Crippen LogP contribution in [0.4, 0.5) is 0 Å². The van der Waals surface area contributed by atoms with E-state index in [0.29, 0.717) is 17.6 Å². The molecule has 1 aromatic heterocycles. The summed E-state index contributed by atoms with van der Waals surface area (Å²) in [6.45, 7) is 6.14. The van der Waals surface area contributed by atoms with Crippen LogP contribution in [0.5, 0.6) is 5.75 Å². The maximum absolute atomic E-state index is 12.6. The zero-order valence-electron chi connectivity index (χ0n) is 15.8. The predicted octanol–water partition coefficient (Wildman–Crippen LogP) is 3.09. The number of amides is 1. The van der Waals surface area contributed by atoms with Crippen molar-refractivity contribution in [2.24, 2.45) is 18.9 Å². The van der Waals surface area contributed by atoms with Gasteiger partial charge in [-0.3, -0.25) is 4.79 Å². The van der Waals surface area contributed by atoms with Crippen molar-refractivity contribution < 1.29 is 9.53 Å². The van der Waals surface area contributed by atoms with E-state index >= 15 is 0 Å². The smallest absolute Gasteiger partial charge is 0.233 e. The number of piperidine rings is 1. The van der Waals surface area contributed by atoms with Crippen LogP contribution in [0, 0.1) is 11.8 Å². The lowest BCUT2D eigenvalue weighted by atomic mass is 9.92. The van der Waals surface area contributed by atoms with Gasteiger partial charge in [0.1, 0.15) is 5.75 Å². The number of carbonyl (C=O) groups is 1. The van der Waals surface area contributed by atoms with E-state index < -0.39 is 0 Å². The first kappa shape index (κ1) is 18.8. The molecule has 0 saturated carbocycles. The summed E-state index contributed by atoms with van der Waals surface area (Å²) < 4.78 is 7.33. The molecule has 1 fully saturated rings. The third-order valence-corrected chi connectivity index (χ3v) is 5.73. The summed E-state index contributed by atoms with van der Waals surface area (Å²) >= 11 is 1.44. The normalized spacial score (nSPS) is 20.2. The van der Waals surface area contributed by atoms with Crippen molar-refractivity contribution >= 4 is 17.7 Å². The highest BCUT2D eigenvalue weighted by atomic mass is 32.2. The maximum atomic E-state index is 12.6. The average molecular weight is 375 g/mol. The molecule has 1 aromatic carbocycles. The number of hydrogen-bond donors (Lipinski definition) is 0. The number of likely N-dealkylation sites (tertiary alicyclic amines) is 1. The molecule has 1 aliphatic rings. The van der Waals surface area contributed by atoms with Crippen LogP contribution in [0.3, 0.4) is 0 Å². The van der Waals surface area contributed by atoms with Crippen LogP contribution in [0.1, 0.15) is 20.3 Å². The summed E-state index contributed by atoms with van der Waals surface area (Å²) in [6, 6.07) is 7.73. The van der Waals surface area contributed by atoms with Gasteiger partial charge in [0.2, 0.25) is 5.91 Å². The van der Waals surface area contributed by atoms with E-state index in [0.717, 1.165) is 35.4 Å². The minimum Gasteiger partial charge on any atom is -0.496 e. The molecule has 0 radical (unpaired) electrons. The molecule has 0 aliphatic carbocycles. The van der Waals surface area contributed by atoms with Gasteiger partial charge in [0.05, 0.1) is 18.4 Å². The number of thioether (sulfide) groups is 1. The van der Waals surface area contributed by atoms with E-state index in [9.17, 15) is 4.79 Å². The van der Waals surface area contributed by atoms with E-state index in [1.807, 2.05) is 40.8 Å². The van der Waals surface area contributed by atoms with Gasteiger partial charge in [-0.25, -0.2) is 0 Å². The number of para-hydroxylation sites is 1. The number of hydrogen-bond acceptors (Lipinski definition) is 5. The molecule has 1 amide bonds. The standard InChI is InChI=1S/C19H26N4O2S/c1-13-9-14(2)11-23(10-13)17(24)12-26-19-21-20-18(22(19)3)15-7-5-6-8-16(15)25-4/h5-8,13-14H,9-12H2,1-4H3/t13-,14-/m1/s1. The Morgan fingerprint density at radius 3 is 2.62 bits per heavy atom. The molecular weight excluding hydrogens is 348 g/mol. The minimum absolute atomic E-state index is 0.176. The molecule has 1 aliphatic heterocycles. The first-order valence-corrected chi connectivity index (χ1v) is 9.91. The van der Waals surface area contributed by atoms with E-state index in [1.165, 1.54) is 18.2 Å². The first-order chi connectivity index (χ1) is 12.5. The topological polar surface area (TPSA) is 60.3 Å². The van der Waals surface area contributed by atoms with Gasteiger partial charge in [0, 0.05) is 20.1 Å². The second kappa shape index (κ2) is 8.12. The molecule has 0 spiro atoms. The summed E-state index contributed by atoms with van der Waals surface area (Å²) in [5.41, 5.74) is 0.891.